The third-order valence-corrected chi connectivity index (χ3v) is 6.01. The van der Waals surface area contributed by atoms with E-state index in [2.05, 4.69) is 35.0 Å². The molecule has 0 aliphatic carbocycles. The van der Waals surface area contributed by atoms with Gasteiger partial charge in [0.1, 0.15) is 0 Å². The lowest BCUT2D eigenvalue weighted by atomic mass is 10.1. The Morgan fingerprint density at radius 3 is 2.55 bits per heavy atom. The number of anilines is 1. The minimum Gasteiger partial charge on any atom is -0.455 e. The van der Waals surface area contributed by atoms with Crippen LogP contribution in [-0.2, 0) is 20.9 Å². The topological polar surface area (TPSA) is 73.2 Å². The summed E-state index contributed by atoms with van der Waals surface area (Å²) in [5, 5.41) is 3.45. The van der Waals surface area contributed by atoms with Gasteiger partial charge in [0.2, 0.25) is 0 Å². The Morgan fingerprint density at radius 2 is 1.76 bits per heavy atom. The molecule has 0 aliphatic rings. The fourth-order valence-corrected chi connectivity index (χ4v) is 4.27. The first-order valence-corrected chi connectivity index (χ1v) is 11.6. The molecule has 7 heteroatoms. The van der Waals surface area contributed by atoms with Crippen molar-refractivity contribution in [2.75, 3.05) is 17.7 Å². The molecule has 1 amide bonds. The summed E-state index contributed by atoms with van der Waals surface area (Å²) in [6, 6.07) is 23.7. The average Bonchev–Trinajstić information content (AvgIpc) is 3.15. The number of hydrogen-bond acceptors (Lipinski definition) is 5. The van der Waals surface area contributed by atoms with Crippen molar-refractivity contribution in [3.8, 4) is 0 Å². The van der Waals surface area contributed by atoms with Gasteiger partial charge < -0.3 is 14.6 Å². The van der Waals surface area contributed by atoms with Gasteiger partial charge in [0, 0.05) is 5.69 Å². The molecule has 168 valence electrons. The zero-order valence-corrected chi connectivity index (χ0v) is 19.4. The molecule has 0 saturated carbocycles. The predicted octanol–water partition coefficient (Wildman–Crippen LogP) is 4.98. The molecular formula is C26H25N3O3S. The van der Waals surface area contributed by atoms with Crippen LogP contribution >= 0.6 is 11.8 Å². The van der Waals surface area contributed by atoms with E-state index in [1.165, 1.54) is 17.3 Å². The van der Waals surface area contributed by atoms with Crippen LogP contribution in [-0.4, -0.2) is 33.8 Å². The van der Waals surface area contributed by atoms with Crippen molar-refractivity contribution in [1.82, 2.24) is 9.55 Å². The van der Waals surface area contributed by atoms with Crippen molar-refractivity contribution in [2.45, 2.75) is 25.5 Å². The van der Waals surface area contributed by atoms with E-state index in [0.717, 1.165) is 27.3 Å². The maximum Gasteiger partial charge on any atom is 0.316 e. The van der Waals surface area contributed by atoms with Gasteiger partial charge in [0.05, 0.1) is 23.3 Å². The number of hydrogen-bond donors (Lipinski definition) is 1. The lowest BCUT2D eigenvalue weighted by molar-refractivity contribution is -0.144. The van der Waals surface area contributed by atoms with Gasteiger partial charge in [-0.05, 0) is 43.7 Å². The zero-order chi connectivity index (χ0) is 23.2. The number of imidazole rings is 1. The van der Waals surface area contributed by atoms with Crippen molar-refractivity contribution < 1.29 is 14.3 Å². The highest BCUT2D eigenvalue weighted by Gasteiger charge is 2.15. The van der Waals surface area contributed by atoms with Crippen LogP contribution in [0.4, 0.5) is 5.69 Å². The third kappa shape index (κ3) is 6.02. The highest BCUT2D eigenvalue weighted by Crippen LogP contribution is 2.25. The number of amides is 1. The summed E-state index contributed by atoms with van der Waals surface area (Å²) in [6.45, 7) is 4.36. The molecule has 0 aliphatic heterocycles. The summed E-state index contributed by atoms with van der Waals surface area (Å²) in [4.78, 5) is 29.1. The van der Waals surface area contributed by atoms with Crippen LogP contribution < -0.4 is 5.32 Å². The molecule has 4 aromatic rings. The Bertz CT molecular complexity index is 1280. The number of thioether (sulfide) groups is 1. The lowest BCUT2D eigenvalue weighted by Crippen LogP contribution is -2.21. The zero-order valence-electron chi connectivity index (χ0n) is 18.6. The van der Waals surface area contributed by atoms with Crippen molar-refractivity contribution in [3.05, 3.63) is 89.5 Å². The first-order valence-electron chi connectivity index (χ1n) is 10.6. The molecule has 6 nitrogen and oxygen atoms in total. The first kappa shape index (κ1) is 22.6. The number of rotatable bonds is 8. The van der Waals surface area contributed by atoms with Crippen molar-refractivity contribution in [1.29, 1.82) is 0 Å². The van der Waals surface area contributed by atoms with Crippen LogP contribution in [0.25, 0.3) is 11.0 Å². The Labute approximate surface area is 197 Å². The van der Waals surface area contributed by atoms with E-state index < -0.39 is 5.97 Å². The van der Waals surface area contributed by atoms with Gasteiger partial charge in [0.15, 0.2) is 11.8 Å². The maximum absolute atomic E-state index is 12.3. The van der Waals surface area contributed by atoms with Gasteiger partial charge in [-0.3, -0.25) is 9.59 Å². The van der Waals surface area contributed by atoms with Gasteiger partial charge >= 0.3 is 5.97 Å². The van der Waals surface area contributed by atoms with E-state index >= 15 is 0 Å². The van der Waals surface area contributed by atoms with Crippen LogP contribution in [0.3, 0.4) is 0 Å². The van der Waals surface area contributed by atoms with Crippen molar-refractivity contribution in [3.63, 3.8) is 0 Å². The van der Waals surface area contributed by atoms with E-state index in [0.29, 0.717) is 12.2 Å². The van der Waals surface area contributed by atoms with Gasteiger partial charge in [-0.1, -0.05) is 71.4 Å². The molecule has 3 aromatic carbocycles. The Hall–Kier alpha value is -3.58. The molecule has 0 unspecified atom stereocenters. The van der Waals surface area contributed by atoms with Gasteiger partial charge in [0.25, 0.3) is 5.91 Å². The number of aromatic nitrogens is 2. The molecule has 0 fully saturated rings. The largest absolute Gasteiger partial charge is 0.455 e. The monoisotopic (exact) mass is 459 g/mol. The van der Waals surface area contributed by atoms with E-state index in [1.54, 1.807) is 0 Å². The minimum atomic E-state index is -0.465. The molecule has 0 saturated heterocycles. The summed E-state index contributed by atoms with van der Waals surface area (Å²) < 4.78 is 7.26. The van der Waals surface area contributed by atoms with Gasteiger partial charge in [-0.2, -0.15) is 0 Å². The fourth-order valence-electron chi connectivity index (χ4n) is 3.45. The number of carbonyl (C=O) groups excluding carboxylic acids is 2. The number of carbonyl (C=O) groups is 2. The molecule has 1 aromatic heterocycles. The minimum absolute atomic E-state index is 0.0644. The van der Waals surface area contributed by atoms with Crippen LogP contribution in [0.5, 0.6) is 0 Å². The molecule has 0 atom stereocenters. The van der Waals surface area contributed by atoms with Crippen LogP contribution in [0, 0.1) is 13.8 Å². The van der Waals surface area contributed by atoms with Crippen molar-refractivity contribution in [2.24, 2.45) is 0 Å². The quantitative estimate of drug-likeness (QED) is 0.297. The number of fused-ring (bicyclic) bond motifs is 1. The summed E-state index contributed by atoms with van der Waals surface area (Å²) in [5.41, 5.74) is 6.01. The number of nitrogens with one attached hydrogen (secondary N) is 1. The smallest absolute Gasteiger partial charge is 0.316 e. The molecule has 0 radical (unpaired) electrons. The average molecular weight is 460 g/mol. The standard InChI is InChI=1S/C26H25N3O3S/c1-18-10-12-21(13-11-18)27-24(30)16-32-25(31)17-33-26-28-22-8-3-4-9-23(22)29(26)15-20-7-5-6-19(2)14-20/h3-14H,15-17H2,1-2H3,(H,27,30). The lowest BCUT2D eigenvalue weighted by Gasteiger charge is -2.10. The molecular weight excluding hydrogens is 434 g/mol. The number of benzene rings is 3. The molecule has 0 bridgehead atoms. The van der Waals surface area contributed by atoms with E-state index in [1.807, 2.05) is 61.5 Å². The molecule has 1 N–H and O–H groups in total. The number of nitrogens with zero attached hydrogens (tertiary/aromatic N) is 2. The highest BCUT2D eigenvalue weighted by atomic mass is 32.2. The van der Waals surface area contributed by atoms with E-state index in [9.17, 15) is 9.59 Å². The van der Waals surface area contributed by atoms with Crippen LogP contribution in [0.15, 0.2) is 78.0 Å². The Morgan fingerprint density at radius 1 is 0.970 bits per heavy atom. The predicted molar refractivity (Wildman–Crippen MR) is 132 cm³/mol. The number of para-hydroxylation sites is 2. The summed E-state index contributed by atoms with van der Waals surface area (Å²) in [5.74, 6) is -0.772. The normalized spacial score (nSPS) is 10.8. The maximum atomic E-state index is 12.3. The van der Waals surface area contributed by atoms with Gasteiger partial charge in [-0.25, -0.2) is 4.98 Å². The molecule has 4 rings (SSSR count). The second-order valence-electron chi connectivity index (χ2n) is 7.82. The summed E-state index contributed by atoms with van der Waals surface area (Å²) >= 11 is 1.31. The third-order valence-electron chi connectivity index (χ3n) is 5.06. The summed E-state index contributed by atoms with van der Waals surface area (Å²) in [6.07, 6.45) is 0. The van der Waals surface area contributed by atoms with E-state index in [-0.39, 0.29) is 18.3 Å². The SMILES string of the molecule is Cc1ccc(NC(=O)COC(=O)CSc2nc3ccccc3n2Cc2cccc(C)c2)cc1. The number of ether oxygens (including phenoxy) is 1. The molecule has 0 spiro atoms. The Kier molecular flexibility index (Phi) is 7.10. The fraction of sp³-hybridized carbons (Fsp3) is 0.192. The van der Waals surface area contributed by atoms with Crippen molar-refractivity contribution >= 4 is 40.4 Å². The molecule has 1 heterocycles. The summed E-state index contributed by atoms with van der Waals surface area (Å²) in [7, 11) is 0. The molecule has 33 heavy (non-hydrogen) atoms. The van der Waals surface area contributed by atoms with E-state index in [4.69, 9.17) is 9.72 Å². The van der Waals surface area contributed by atoms with Crippen LogP contribution in [0.1, 0.15) is 16.7 Å². The Balaban J connectivity index is 1.37. The highest BCUT2D eigenvalue weighted by molar-refractivity contribution is 7.99. The van der Waals surface area contributed by atoms with Gasteiger partial charge in [-0.15, -0.1) is 0 Å². The first-order chi connectivity index (χ1) is 16.0. The second kappa shape index (κ2) is 10.4. The van der Waals surface area contributed by atoms with Crippen LogP contribution in [0.2, 0.25) is 0 Å². The number of esters is 1. The second-order valence-corrected chi connectivity index (χ2v) is 8.76. The number of aryl methyl sites for hydroxylation is 2.